The predicted octanol–water partition coefficient (Wildman–Crippen LogP) is 4.87. The molecule has 0 aliphatic carbocycles. The normalized spacial score (nSPS) is 10.8. The number of carbonyl (C=O) groups is 2. The van der Waals surface area contributed by atoms with Gasteiger partial charge in [-0.05, 0) is 47.9 Å². The van der Waals surface area contributed by atoms with Crippen molar-refractivity contribution in [2.75, 3.05) is 13.7 Å². The third-order valence-corrected chi connectivity index (χ3v) is 4.88. The molecule has 3 aromatic carbocycles. The van der Waals surface area contributed by atoms with E-state index in [1.54, 1.807) is 18.2 Å². The molecular formula is C26H26F2N2O4. The van der Waals surface area contributed by atoms with Crippen LogP contribution in [0, 0.1) is 17.6 Å². The van der Waals surface area contributed by atoms with E-state index < -0.39 is 29.6 Å². The van der Waals surface area contributed by atoms with Crippen molar-refractivity contribution in [3.05, 3.63) is 95.1 Å². The number of methoxy groups -OCH3 is 1. The Morgan fingerprint density at radius 3 is 1.82 bits per heavy atom. The van der Waals surface area contributed by atoms with Crippen LogP contribution in [-0.2, 0) is 0 Å². The van der Waals surface area contributed by atoms with Gasteiger partial charge < -0.3 is 20.1 Å². The SMILES string of the molecule is COc1ccc(C(NC(=O)c2ccccc2F)NC(=O)c2ccccc2F)cc1OCC(C)C. The lowest BCUT2D eigenvalue weighted by Gasteiger charge is -2.23. The summed E-state index contributed by atoms with van der Waals surface area (Å²) in [5, 5.41) is 5.22. The maximum Gasteiger partial charge on any atom is 0.256 e. The van der Waals surface area contributed by atoms with Crippen molar-refractivity contribution >= 4 is 11.8 Å². The molecule has 3 rings (SSSR count). The fourth-order valence-electron chi connectivity index (χ4n) is 3.15. The van der Waals surface area contributed by atoms with Crippen LogP contribution in [0.5, 0.6) is 11.5 Å². The van der Waals surface area contributed by atoms with E-state index in [0.717, 1.165) is 12.1 Å². The lowest BCUT2D eigenvalue weighted by atomic mass is 10.1. The number of rotatable bonds is 9. The molecule has 0 atom stereocenters. The number of amides is 2. The zero-order valence-electron chi connectivity index (χ0n) is 19.1. The van der Waals surface area contributed by atoms with Crippen molar-refractivity contribution < 1.29 is 27.8 Å². The van der Waals surface area contributed by atoms with Crippen LogP contribution < -0.4 is 20.1 Å². The number of nitrogens with one attached hydrogen (secondary N) is 2. The molecule has 0 saturated heterocycles. The fraction of sp³-hybridized carbons (Fsp3) is 0.231. The van der Waals surface area contributed by atoms with Crippen molar-refractivity contribution in [2.24, 2.45) is 5.92 Å². The van der Waals surface area contributed by atoms with Crippen LogP contribution >= 0.6 is 0 Å². The maximum atomic E-state index is 14.2. The van der Waals surface area contributed by atoms with Gasteiger partial charge in [-0.15, -0.1) is 0 Å². The molecule has 0 fully saturated rings. The molecule has 0 aliphatic heterocycles. The molecule has 2 N–H and O–H groups in total. The van der Waals surface area contributed by atoms with Gasteiger partial charge in [-0.3, -0.25) is 9.59 Å². The predicted molar refractivity (Wildman–Crippen MR) is 124 cm³/mol. The van der Waals surface area contributed by atoms with E-state index in [0.29, 0.717) is 23.7 Å². The lowest BCUT2D eigenvalue weighted by molar-refractivity contribution is 0.0879. The molecule has 0 bridgehead atoms. The van der Waals surface area contributed by atoms with Gasteiger partial charge in [-0.2, -0.15) is 0 Å². The van der Waals surface area contributed by atoms with E-state index in [1.165, 1.54) is 43.5 Å². The van der Waals surface area contributed by atoms with E-state index in [4.69, 9.17) is 9.47 Å². The van der Waals surface area contributed by atoms with Crippen molar-refractivity contribution in [1.29, 1.82) is 0 Å². The average molecular weight is 469 g/mol. The van der Waals surface area contributed by atoms with Crippen molar-refractivity contribution in [3.63, 3.8) is 0 Å². The first-order chi connectivity index (χ1) is 16.3. The van der Waals surface area contributed by atoms with Gasteiger partial charge in [0, 0.05) is 0 Å². The summed E-state index contributed by atoms with van der Waals surface area (Å²) in [7, 11) is 1.49. The molecule has 0 unspecified atom stereocenters. The monoisotopic (exact) mass is 468 g/mol. The van der Waals surface area contributed by atoms with Crippen LogP contribution in [0.2, 0.25) is 0 Å². The van der Waals surface area contributed by atoms with Crippen LogP contribution in [0.1, 0.15) is 46.3 Å². The zero-order valence-corrected chi connectivity index (χ0v) is 19.1. The Morgan fingerprint density at radius 1 is 0.824 bits per heavy atom. The molecule has 8 heteroatoms. The number of hydrogen-bond acceptors (Lipinski definition) is 4. The van der Waals surface area contributed by atoms with Crippen LogP contribution in [0.25, 0.3) is 0 Å². The largest absolute Gasteiger partial charge is 0.493 e. The fourth-order valence-corrected chi connectivity index (χ4v) is 3.15. The highest BCUT2D eigenvalue weighted by molar-refractivity contribution is 5.97. The van der Waals surface area contributed by atoms with Crippen LogP contribution in [0.4, 0.5) is 8.78 Å². The molecule has 2 amide bonds. The van der Waals surface area contributed by atoms with Crippen molar-refractivity contribution in [1.82, 2.24) is 10.6 Å². The standard InChI is InChI=1S/C26H26F2N2O4/c1-16(2)15-34-23-14-17(12-13-22(23)33-3)24(29-25(31)18-8-4-6-10-20(18)27)30-26(32)19-9-5-7-11-21(19)28/h4-14,16,24H,15H2,1-3H3,(H,29,31)(H,30,32). The molecular weight excluding hydrogens is 442 g/mol. The summed E-state index contributed by atoms with van der Waals surface area (Å²) in [6.07, 6.45) is -1.12. The van der Waals surface area contributed by atoms with E-state index in [-0.39, 0.29) is 17.0 Å². The summed E-state index contributed by atoms with van der Waals surface area (Å²) in [6, 6.07) is 15.8. The second-order valence-electron chi connectivity index (χ2n) is 7.95. The Balaban J connectivity index is 1.96. The Kier molecular flexibility index (Phi) is 8.19. The van der Waals surface area contributed by atoms with Crippen LogP contribution in [-0.4, -0.2) is 25.5 Å². The Morgan fingerprint density at radius 2 is 1.35 bits per heavy atom. The Labute approximate surface area is 196 Å². The second-order valence-corrected chi connectivity index (χ2v) is 7.95. The quantitative estimate of drug-likeness (QED) is 0.440. The number of carbonyl (C=O) groups excluding carboxylic acids is 2. The first-order valence-electron chi connectivity index (χ1n) is 10.7. The number of hydrogen-bond donors (Lipinski definition) is 2. The highest BCUT2D eigenvalue weighted by Crippen LogP contribution is 2.30. The number of halogens is 2. The highest BCUT2D eigenvalue weighted by Gasteiger charge is 2.23. The molecule has 178 valence electrons. The molecule has 3 aromatic rings. The minimum Gasteiger partial charge on any atom is -0.493 e. The molecule has 0 heterocycles. The molecule has 0 aliphatic rings. The van der Waals surface area contributed by atoms with Crippen LogP contribution in [0.3, 0.4) is 0 Å². The van der Waals surface area contributed by atoms with Gasteiger partial charge in [0.15, 0.2) is 11.5 Å². The average Bonchev–Trinajstić information content (AvgIpc) is 2.82. The molecule has 0 spiro atoms. The highest BCUT2D eigenvalue weighted by atomic mass is 19.1. The second kappa shape index (κ2) is 11.3. The van der Waals surface area contributed by atoms with Gasteiger partial charge in [0.1, 0.15) is 17.8 Å². The van der Waals surface area contributed by atoms with E-state index in [1.807, 2.05) is 13.8 Å². The zero-order chi connectivity index (χ0) is 24.7. The third kappa shape index (κ3) is 6.10. The summed E-state index contributed by atoms with van der Waals surface area (Å²) in [5.41, 5.74) is 0.0313. The molecule has 0 saturated carbocycles. The summed E-state index contributed by atoms with van der Waals surface area (Å²) in [5.74, 6) is -1.83. The van der Waals surface area contributed by atoms with Crippen molar-refractivity contribution in [2.45, 2.75) is 20.0 Å². The molecule has 34 heavy (non-hydrogen) atoms. The van der Waals surface area contributed by atoms with E-state index in [2.05, 4.69) is 10.6 Å². The first-order valence-corrected chi connectivity index (χ1v) is 10.7. The molecule has 6 nitrogen and oxygen atoms in total. The minimum absolute atomic E-state index is 0.197. The smallest absolute Gasteiger partial charge is 0.256 e. The van der Waals surface area contributed by atoms with Gasteiger partial charge in [-0.1, -0.05) is 44.2 Å². The Hall–Kier alpha value is -3.94. The lowest BCUT2D eigenvalue weighted by Crippen LogP contribution is -2.41. The summed E-state index contributed by atoms with van der Waals surface area (Å²) < 4.78 is 39.5. The first kappa shape index (κ1) is 24.7. The van der Waals surface area contributed by atoms with Gasteiger partial charge in [-0.25, -0.2) is 8.78 Å². The molecule has 0 aromatic heterocycles. The van der Waals surface area contributed by atoms with Crippen molar-refractivity contribution in [3.8, 4) is 11.5 Å². The molecule has 0 radical (unpaired) electrons. The van der Waals surface area contributed by atoms with E-state index in [9.17, 15) is 18.4 Å². The third-order valence-electron chi connectivity index (χ3n) is 4.88. The number of ether oxygens (including phenoxy) is 2. The van der Waals surface area contributed by atoms with Gasteiger partial charge in [0.2, 0.25) is 0 Å². The van der Waals surface area contributed by atoms with Gasteiger partial charge in [0.25, 0.3) is 11.8 Å². The van der Waals surface area contributed by atoms with E-state index >= 15 is 0 Å². The summed E-state index contributed by atoms with van der Waals surface area (Å²) >= 11 is 0. The summed E-state index contributed by atoms with van der Waals surface area (Å²) in [6.45, 7) is 4.39. The Bertz CT molecular complexity index is 1110. The van der Waals surface area contributed by atoms with Gasteiger partial charge in [0.05, 0.1) is 24.8 Å². The summed E-state index contributed by atoms with van der Waals surface area (Å²) in [4.78, 5) is 25.6. The maximum absolute atomic E-state index is 14.2. The van der Waals surface area contributed by atoms with Gasteiger partial charge >= 0.3 is 0 Å². The van der Waals surface area contributed by atoms with Crippen LogP contribution in [0.15, 0.2) is 66.7 Å². The number of benzene rings is 3. The topological polar surface area (TPSA) is 76.7 Å². The minimum atomic E-state index is -1.12.